The molecule has 1 aromatic heterocycles. The fraction of sp³-hybridized carbons (Fsp3) is 0.269. The van der Waals surface area contributed by atoms with Crippen molar-refractivity contribution in [1.29, 1.82) is 0 Å². The number of aromatic nitrogens is 3. The summed E-state index contributed by atoms with van der Waals surface area (Å²) in [6.45, 7) is 2.02. The Morgan fingerprint density at radius 2 is 1.74 bits per heavy atom. The largest absolute Gasteiger partial charge is 1.00 e. The van der Waals surface area contributed by atoms with Gasteiger partial charge in [-0.25, -0.2) is 8.42 Å². The molecule has 0 aliphatic carbocycles. The summed E-state index contributed by atoms with van der Waals surface area (Å²) in [6, 6.07) is 12.2. The third kappa shape index (κ3) is 11.3. The van der Waals surface area contributed by atoms with Crippen LogP contribution in [0.15, 0.2) is 68.6 Å². The number of sulfone groups is 1. The Labute approximate surface area is 343 Å². The van der Waals surface area contributed by atoms with E-state index in [9.17, 15) is 24.0 Å². The number of hydrogen-bond donors (Lipinski definition) is 1. The van der Waals surface area contributed by atoms with E-state index in [0.29, 0.717) is 60.8 Å². The average molecular weight is 788 g/mol. The number of fused-ring (bicyclic) bond motifs is 1. The van der Waals surface area contributed by atoms with E-state index in [-0.39, 0.29) is 116 Å². The van der Waals surface area contributed by atoms with Crippen LogP contribution in [0, 0.1) is 0 Å². The first-order valence-corrected chi connectivity index (χ1v) is 17.0. The zero-order chi connectivity index (χ0) is 34.1. The van der Waals surface area contributed by atoms with Gasteiger partial charge in [-0.15, -0.1) is 9.45 Å². The molecule has 24 heteroatoms. The Balaban J connectivity index is 0.00000338. The number of ether oxygens (including phenoxy) is 1. The van der Waals surface area contributed by atoms with Gasteiger partial charge in [0.05, 0.1) is 53.1 Å². The molecule has 50 heavy (non-hydrogen) atoms. The number of hydrogen-bond acceptors (Lipinski definition) is 20. The molecule has 1 saturated heterocycles. The molecule has 1 fully saturated rings. The molecule has 1 aliphatic rings. The number of halogens is 1. The number of aromatic hydroxyl groups is 1. The van der Waals surface area contributed by atoms with Gasteiger partial charge in [-0.05, 0) is 65.5 Å². The number of rotatable bonds is 15. The normalized spacial score (nSPS) is 13.3. The maximum absolute atomic E-state index is 12.5. The van der Waals surface area contributed by atoms with Crippen LogP contribution < -0.4 is 79.4 Å². The predicted molar refractivity (Wildman–Crippen MR) is 168 cm³/mol. The fourth-order valence-corrected chi connectivity index (χ4v) is 6.46. The number of morpholine rings is 1. The SMILES string of the molecule is CN(c1ccc2c(O)c(N=Nc3ccc(S(=O)(=O)CCOSOO[O-])cc3)c(SOO[O-])cc2c1)c1nc(Cl)nc(N2CCOCC2)n1.[Na+].[Na+]. The van der Waals surface area contributed by atoms with Crippen molar-refractivity contribution in [3.8, 4) is 5.75 Å². The first-order chi connectivity index (χ1) is 23.2. The minimum atomic E-state index is -3.73. The number of anilines is 3. The number of benzene rings is 3. The number of nitrogens with zero attached hydrogens (tertiary/aromatic N) is 7. The number of phenolic OH excluding ortho intramolecular Hbond substituents is 1. The molecule has 18 nitrogen and oxygen atoms in total. The van der Waals surface area contributed by atoms with Gasteiger partial charge in [-0.3, -0.25) is 14.3 Å². The molecule has 0 saturated carbocycles. The van der Waals surface area contributed by atoms with Gasteiger partial charge in [0.2, 0.25) is 17.2 Å². The van der Waals surface area contributed by atoms with Crippen molar-refractivity contribution in [3.05, 3.63) is 53.8 Å². The van der Waals surface area contributed by atoms with E-state index in [1.807, 2.05) is 4.90 Å². The first kappa shape index (κ1) is 43.0. The summed E-state index contributed by atoms with van der Waals surface area (Å²) in [5.74, 6) is 0.0349. The number of phenols is 1. The van der Waals surface area contributed by atoms with Crippen LogP contribution in [0.1, 0.15) is 0 Å². The Morgan fingerprint density at radius 1 is 1.02 bits per heavy atom. The van der Waals surface area contributed by atoms with Gasteiger partial charge >= 0.3 is 59.1 Å². The van der Waals surface area contributed by atoms with E-state index >= 15 is 0 Å². The summed E-state index contributed by atoms with van der Waals surface area (Å²) >= 11 is 6.95. The molecule has 1 aliphatic heterocycles. The van der Waals surface area contributed by atoms with Gasteiger partial charge in [0, 0.05) is 31.2 Å². The maximum Gasteiger partial charge on any atom is 1.00 e. The smallest absolute Gasteiger partial charge is 0.691 e. The zero-order valence-electron chi connectivity index (χ0n) is 26.6. The van der Waals surface area contributed by atoms with Crippen LogP contribution in [0.4, 0.5) is 29.0 Å². The first-order valence-electron chi connectivity index (χ1n) is 13.6. The van der Waals surface area contributed by atoms with Gasteiger partial charge in [0.15, 0.2) is 27.9 Å². The van der Waals surface area contributed by atoms with E-state index < -0.39 is 15.6 Å². The molecule has 0 unspecified atom stereocenters. The molecule has 256 valence electrons. The topological polar surface area (TPSA) is 226 Å². The minimum Gasteiger partial charge on any atom is -0.691 e. The third-order valence-corrected chi connectivity index (χ3v) is 9.60. The Kier molecular flexibility index (Phi) is 17.8. The van der Waals surface area contributed by atoms with Crippen molar-refractivity contribution in [2.75, 3.05) is 55.5 Å². The summed E-state index contributed by atoms with van der Waals surface area (Å²) < 4.78 is 43.6. The zero-order valence-corrected chi connectivity index (χ0v) is 33.8. The molecular formula is C26H24ClN7Na2O11S3. The molecule has 0 spiro atoms. The molecular weight excluding hydrogens is 764 g/mol. The molecule has 0 radical (unpaired) electrons. The van der Waals surface area contributed by atoms with Crippen LogP contribution >= 0.6 is 36.0 Å². The van der Waals surface area contributed by atoms with Crippen molar-refractivity contribution in [3.63, 3.8) is 0 Å². The van der Waals surface area contributed by atoms with Crippen LogP contribution in [-0.2, 0) is 37.5 Å². The van der Waals surface area contributed by atoms with Gasteiger partial charge in [-0.1, -0.05) is 0 Å². The molecule has 1 N–H and O–H groups in total. The van der Waals surface area contributed by atoms with Gasteiger partial charge in [0.25, 0.3) is 0 Å². The van der Waals surface area contributed by atoms with E-state index in [4.69, 9.17) is 20.5 Å². The van der Waals surface area contributed by atoms with Gasteiger partial charge < -0.3 is 30.2 Å². The molecule has 3 aromatic carbocycles. The monoisotopic (exact) mass is 787 g/mol. The Bertz CT molecular complexity index is 1870. The molecule has 5 rings (SSSR count). The van der Waals surface area contributed by atoms with E-state index in [1.165, 1.54) is 24.3 Å². The van der Waals surface area contributed by atoms with Crippen LogP contribution in [0.25, 0.3) is 10.8 Å². The Morgan fingerprint density at radius 3 is 2.44 bits per heavy atom. The Hall–Kier alpha value is -1.45. The quantitative estimate of drug-likeness (QED) is 0.0321. The van der Waals surface area contributed by atoms with Crippen LogP contribution in [0.2, 0.25) is 5.28 Å². The van der Waals surface area contributed by atoms with Crippen molar-refractivity contribution < 1.29 is 111 Å². The molecule has 0 atom stereocenters. The van der Waals surface area contributed by atoms with E-state index in [1.54, 1.807) is 36.2 Å². The van der Waals surface area contributed by atoms with E-state index in [0.717, 1.165) is 0 Å². The third-order valence-electron chi connectivity index (χ3n) is 6.75. The standard InChI is InChI=1S/C26H26ClN7O11S3.2Na/c1-33(25-28-24(27)29-26(30-25)34-8-10-40-11-9-34)18-4-7-20-16(14-18)15-21(46-44-42-36)22(23(20)35)32-31-17-2-5-19(6-3-17)48(38,39)13-12-41-47-45-43-37;;/h2-7,14-15,35-37H,8-13H2,1H3;;/q;2*+1/p-2. The van der Waals surface area contributed by atoms with Gasteiger partial charge in [-0.2, -0.15) is 24.4 Å². The minimum absolute atomic E-state index is 0. The average Bonchev–Trinajstić information content (AvgIpc) is 3.10. The second kappa shape index (κ2) is 20.7. The van der Waals surface area contributed by atoms with Crippen LogP contribution in [0.3, 0.4) is 0 Å². The fourth-order valence-electron chi connectivity index (χ4n) is 4.41. The van der Waals surface area contributed by atoms with Crippen LogP contribution in [0.5, 0.6) is 5.75 Å². The molecule has 0 amide bonds. The predicted octanol–water partition coefficient (Wildman–Crippen LogP) is -2.78. The van der Waals surface area contributed by atoms with Gasteiger partial charge in [0.1, 0.15) is 5.69 Å². The summed E-state index contributed by atoms with van der Waals surface area (Å²) in [4.78, 5) is 16.9. The summed E-state index contributed by atoms with van der Waals surface area (Å²) in [6.07, 6.45) is 0. The van der Waals surface area contributed by atoms with Crippen molar-refractivity contribution in [2.45, 2.75) is 9.79 Å². The second-order valence-electron chi connectivity index (χ2n) is 9.60. The van der Waals surface area contributed by atoms with Crippen molar-refractivity contribution in [2.24, 2.45) is 10.2 Å². The van der Waals surface area contributed by atoms with Crippen LogP contribution in [-0.4, -0.2) is 74.2 Å². The summed E-state index contributed by atoms with van der Waals surface area (Å²) in [5, 5.41) is 47.4. The van der Waals surface area contributed by atoms with Crippen molar-refractivity contribution >= 4 is 85.5 Å². The summed E-state index contributed by atoms with van der Waals surface area (Å²) in [5.41, 5.74) is 0.844. The van der Waals surface area contributed by atoms with Crippen molar-refractivity contribution in [1.82, 2.24) is 15.0 Å². The maximum atomic E-state index is 12.5. The molecule has 0 bridgehead atoms. The molecule has 4 aromatic rings. The second-order valence-corrected chi connectivity index (χ2v) is 13.3. The number of azo groups is 1. The van der Waals surface area contributed by atoms with E-state index in [2.05, 4.69) is 43.9 Å². The summed E-state index contributed by atoms with van der Waals surface area (Å²) in [7, 11) is -1.99. The molecule has 2 heterocycles.